The number of anilines is 1. The number of nitrogens with one attached hydrogen (secondary N) is 1. The van der Waals surface area contributed by atoms with Gasteiger partial charge in [0.05, 0.1) is 17.2 Å². The average molecular weight is 354 g/mol. The van der Waals surface area contributed by atoms with E-state index in [1.165, 1.54) is 5.57 Å². The third kappa shape index (κ3) is 3.42. The Morgan fingerprint density at radius 1 is 1.19 bits per heavy atom. The van der Waals surface area contributed by atoms with Gasteiger partial charge in [-0.3, -0.25) is 9.59 Å². The van der Waals surface area contributed by atoms with Crippen LogP contribution in [0, 0.1) is 24.2 Å². The second-order valence-electron chi connectivity index (χ2n) is 8.55. The van der Waals surface area contributed by atoms with Gasteiger partial charge >= 0.3 is 0 Å². The van der Waals surface area contributed by atoms with Crippen molar-refractivity contribution in [1.29, 1.82) is 0 Å². The van der Waals surface area contributed by atoms with Crippen molar-refractivity contribution in [3.05, 3.63) is 41.0 Å². The van der Waals surface area contributed by atoms with Gasteiger partial charge in [-0.25, -0.2) is 0 Å². The van der Waals surface area contributed by atoms with Gasteiger partial charge in [-0.15, -0.1) is 0 Å². The van der Waals surface area contributed by atoms with Crippen LogP contribution in [0.4, 0.5) is 5.69 Å². The zero-order valence-corrected chi connectivity index (χ0v) is 16.6. The van der Waals surface area contributed by atoms with Gasteiger partial charge in [-0.1, -0.05) is 37.6 Å². The molecule has 1 saturated heterocycles. The van der Waals surface area contributed by atoms with E-state index in [0.717, 1.165) is 31.5 Å². The minimum Gasteiger partial charge on any atom is -0.339 e. The summed E-state index contributed by atoms with van der Waals surface area (Å²) >= 11 is 0. The minimum atomic E-state index is -0.0485. The normalized spacial score (nSPS) is 23.5. The molecule has 1 heterocycles. The first-order valence-electron chi connectivity index (χ1n) is 9.58. The zero-order chi connectivity index (χ0) is 19.1. The second-order valence-corrected chi connectivity index (χ2v) is 8.55. The van der Waals surface area contributed by atoms with E-state index in [1.54, 1.807) is 0 Å². The lowest BCUT2D eigenvalue weighted by Gasteiger charge is -2.20. The summed E-state index contributed by atoms with van der Waals surface area (Å²) < 4.78 is 0. The van der Waals surface area contributed by atoms with Crippen LogP contribution in [0.25, 0.3) is 0 Å². The number of hydrogen-bond acceptors (Lipinski definition) is 2. The van der Waals surface area contributed by atoms with Crippen molar-refractivity contribution >= 4 is 17.5 Å². The highest BCUT2D eigenvalue weighted by Gasteiger charge is 2.60. The molecule has 140 valence electrons. The number of aryl methyl sites for hydroxylation is 1. The molecule has 0 bridgehead atoms. The summed E-state index contributed by atoms with van der Waals surface area (Å²) in [5.74, 6) is 0.257. The molecule has 1 N–H and O–H groups in total. The number of nitrogens with zero attached hydrogens (tertiary/aromatic N) is 1. The molecule has 0 unspecified atom stereocenters. The molecule has 0 radical (unpaired) electrons. The summed E-state index contributed by atoms with van der Waals surface area (Å²) in [7, 11) is 0. The highest BCUT2D eigenvalue weighted by atomic mass is 16.2. The highest BCUT2D eigenvalue weighted by molar-refractivity contribution is 6.06. The summed E-state index contributed by atoms with van der Waals surface area (Å²) in [6.45, 7) is 11.9. The molecular weight excluding hydrogens is 324 g/mol. The van der Waals surface area contributed by atoms with E-state index in [-0.39, 0.29) is 29.1 Å². The number of amides is 2. The monoisotopic (exact) mass is 354 g/mol. The molecule has 1 aromatic rings. The first-order chi connectivity index (χ1) is 12.2. The molecule has 0 aromatic heterocycles. The molecule has 0 spiro atoms. The maximum Gasteiger partial charge on any atom is 0.256 e. The second kappa shape index (κ2) is 6.90. The molecule has 1 saturated carbocycles. The van der Waals surface area contributed by atoms with E-state index in [9.17, 15) is 9.59 Å². The Balaban J connectivity index is 1.82. The molecular formula is C22H30N2O2. The van der Waals surface area contributed by atoms with Gasteiger partial charge in [-0.2, -0.15) is 0 Å². The van der Waals surface area contributed by atoms with E-state index >= 15 is 0 Å². The van der Waals surface area contributed by atoms with Gasteiger partial charge in [0.15, 0.2) is 0 Å². The van der Waals surface area contributed by atoms with Crippen molar-refractivity contribution < 1.29 is 9.59 Å². The van der Waals surface area contributed by atoms with E-state index in [4.69, 9.17) is 0 Å². The molecule has 4 nitrogen and oxygen atoms in total. The topological polar surface area (TPSA) is 49.4 Å². The number of carbonyl (C=O) groups excluding carboxylic acids is 2. The molecule has 1 aliphatic carbocycles. The first kappa shape index (κ1) is 18.7. The summed E-state index contributed by atoms with van der Waals surface area (Å²) in [5.41, 5.74) is 3.39. The summed E-state index contributed by atoms with van der Waals surface area (Å²) in [6, 6.07) is 5.68. The highest BCUT2D eigenvalue weighted by Crippen LogP contribution is 2.59. The van der Waals surface area contributed by atoms with Crippen molar-refractivity contribution in [3.8, 4) is 0 Å². The van der Waals surface area contributed by atoms with Crippen LogP contribution in [0.3, 0.4) is 0 Å². The molecule has 2 atom stereocenters. The zero-order valence-electron chi connectivity index (χ0n) is 16.6. The number of rotatable bonds is 4. The molecule has 2 aliphatic rings. The number of allylic oxidation sites excluding steroid dienone is 2. The molecule has 4 heteroatoms. The Bertz CT molecular complexity index is 753. The SMILES string of the molecule is CC(C)=C[C@@H]1[C@H](C(=O)Nc2cccc(C)c2C(=O)N2CCCC2)C1(C)C. The van der Waals surface area contributed by atoms with Gasteiger partial charge in [0.2, 0.25) is 5.91 Å². The van der Waals surface area contributed by atoms with Crippen LogP contribution >= 0.6 is 0 Å². The molecule has 3 rings (SSSR count). The average Bonchev–Trinajstić information content (AvgIpc) is 2.93. The third-order valence-corrected chi connectivity index (χ3v) is 5.84. The van der Waals surface area contributed by atoms with Gasteiger partial charge in [-0.05, 0) is 56.6 Å². The lowest BCUT2D eigenvalue weighted by molar-refractivity contribution is -0.118. The smallest absolute Gasteiger partial charge is 0.256 e. The van der Waals surface area contributed by atoms with Crippen molar-refractivity contribution in [2.45, 2.75) is 47.5 Å². The van der Waals surface area contributed by atoms with Crippen molar-refractivity contribution in [3.63, 3.8) is 0 Å². The predicted octanol–water partition coefficient (Wildman–Crippen LogP) is 4.41. The lowest BCUT2D eigenvalue weighted by Crippen LogP contribution is -2.30. The number of hydrogen-bond donors (Lipinski definition) is 1. The van der Waals surface area contributed by atoms with Crippen LogP contribution in [-0.2, 0) is 4.79 Å². The van der Waals surface area contributed by atoms with Gasteiger partial charge in [0.1, 0.15) is 0 Å². The maximum atomic E-state index is 13.0. The minimum absolute atomic E-state index is 0.0126. The summed E-state index contributed by atoms with van der Waals surface area (Å²) in [6.07, 6.45) is 4.30. The standard InChI is InChI=1S/C22H30N2O2/c1-14(2)13-16-19(22(16,4)5)20(25)23-17-10-8-9-15(3)18(17)21(26)24-11-6-7-12-24/h8-10,13,16,19H,6-7,11-12H2,1-5H3,(H,23,25)/t16-,19-/m1/s1. The molecule has 2 amide bonds. The quantitative estimate of drug-likeness (QED) is 0.814. The predicted molar refractivity (Wildman–Crippen MR) is 105 cm³/mol. The maximum absolute atomic E-state index is 13.0. The van der Waals surface area contributed by atoms with E-state index in [0.29, 0.717) is 11.3 Å². The lowest BCUT2D eigenvalue weighted by atomic mass is 10.0. The van der Waals surface area contributed by atoms with Gasteiger partial charge < -0.3 is 10.2 Å². The fourth-order valence-corrected chi connectivity index (χ4v) is 4.19. The van der Waals surface area contributed by atoms with E-state index < -0.39 is 0 Å². The summed E-state index contributed by atoms with van der Waals surface area (Å²) in [5, 5.41) is 3.06. The van der Waals surface area contributed by atoms with Crippen LogP contribution in [0.5, 0.6) is 0 Å². The van der Waals surface area contributed by atoms with Crippen molar-refractivity contribution in [1.82, 2.24) is 4.90 Å². The number of likely N-dealkylation sites (tertiary alicyclic amines) is 1. The third-order valence-electron chi connectivity index (χ3n) is 5.84. The van der Waals surface area contributed by atoms with Crippen LogP contribution in [0.15, 0.2) is 29.8 Å². The fourth-order valence-electron chi connectivity index (χ4n) is 4.19. The Morgan fingerprint density at radius 3 is 2.46 bits per heavy atom. The first-order valence-corrected chi connectivity index (χ1v) is 9.58. The van der Waals surface area contributed by atoms with E-state index in [2.05, 4.69) is 39.1 Å². The number of benzene rings is 1. The Morgan fingerprint density at radius 2 is 1.85 bits per heavy atom. The molecule has 1 aliphatic heterocycles. The largest absolute Gasteiger partial charge is 0.339 e. The van der Waals surface area contributed by atoms with E-state index in [1.807, 2.05) is 30.0 Å². The van der Waals surface area contributed by atoms with Gasteiger partial charge in [0, 0.05) is 13.1 Å². The Hall–Kier alpha value is -2.10. The fraction of sp³-hybridized carbons (Fsp3) is 0.545. The van der Waals surface area contributed by atoms with Crippen LogP contribution in [0.1, 0.15) is 56.5 Å². The number of carbonyl (C=O) groups is 2. The summed E-state index contributed by atoms with van der Waals surface area (Å²) in [4.78, 5) is 27.8. The Labute approximate surface area is 156 Å². The van der Waals surface area contributed by atoms with Crippen LogP contribution in [-0.4, -0.2) is 29.8 Å². The molecule has 1 aromatic carbocycles. The van der Waals surface area contributed by atoms with Crippen molar-refractivity contribution in [2.24, 2.45) is 17.3 Å². The van der Waals surface area contributed by atoms with Crippen LogP contribution < -0.4 is 5.32 Å². The van der Waals surface area contributed by atoms with Crippen molar-refractivity contribution in [2.75, 3.05) is 18.4 Å². The molecule has 2 fully saturated rings. The Kier molecular flexibility index (Phi) is 4.96. The van der Waals surface area contributed by atoms with Gasteiger partial charge in [0.25, 0.3) is 5.91 Å². The molecule has 26 heavy (non-hydrogen) atoms. The van der Waals surface area contributed by atoms with Crippen LogP contribution in [0.2, 0.25) is 0 Å².